The molecule has 0 saturated carbocycles. The summed E-state index contributed by atoms with van der Waals surface area (Å²) in [5.74, 6) is -0.257. The Kier molecular flexibility index (Phi) is 4.53. The highest BCUT2D eigenvalue weighted by Gasteiger charge is 2.20. The van der Waals surface area contributed by atoms with Gasteiger partial charge in [-0.1, -0.05) is 0 Å². The molecule has 29 heavy (non-hydrogen) atoms. The number of nitro benzene ring substituents is 1. The van der Waals surface area contributed by atoms with Gasteiger partial charge in [-0.2, -0.15) is 5.10 Å². The second-order valence-electron chi connectivity index (χ2n) is 6.01. The zero-order valence-corrected chi connectivity index (χ0v) is 15.0. The van der Waals surface area contributed by atoms with Crippen molar-refractivity contribution in [1.82, 2.24) is 30.0 Å². The molecule has 0 aliphatic carbocycles. The predicted molar refractivity (Wildman–Crippen MR) is 99.4 cm³/mol. The van der Waals surface area contributed by atoms with E-state index in [1.807, 2.05) is 0 Å². The zero-order chi connectivity index (χ0) is 20.4. The number of aromatic nitrogens is 6. The molecule has 0 unspecified atom stereocenters. The predicted octanol–water partition coefficient (Wildman–Crippen LogP) is 2.19. The van der Waals surface area contributed by atoms with E-state index in [-0.39, 0.29) is 11.3 Å². The third-order valence-corrected chi connectivity index (χ3v) is 4.06. The number of carbonyl (C=O) groups excluding carboxylic acids is 1. The molecule has 0 N–H and O–H groups in total. The summed E-state index contributed by atoms with van der Waals surface area (Å²) in [5, 5.41) is 26.0. The summed E-state index contributed by atoms with van der Waals surface area (Å²) in [6.45, 7) is 0. The third kappa shape index (κ3) is 3.69. The summed E-state index contributed by atoms with van der Waals surface area (Å²) in [5.41, 5.74) is 1.85. The number of nitro groups is 1. The Hall–Kier alpha value is -4.41. The molecule has 2 aromatic heterocycles. The van der Waals surface area contributed by atoms with Crippen molar-refractivity contribution < 1.29 is 14.5 Å². The Morgan fingerprint density at radius 1 is 1.10 bits per heavy atom. The summed E-state index contributed by atoms with van der Waals surface area (Å²) in [6, 6.07) is 12.5. The van der Waals surface area contributed by atoms with Crippen molar-refractivity contribution in [1.29, 1.82) is 0 Å². The van der Waals surface area contributed by atoms with Gasteiger partial charge in [0.2, 0.25) is 0 Å². The quantitative estimate of drug-likeness (QED) is 0.219. The maximum atomic E-state index is 12.7. The first-order chi connectivity index (χ1) is 14.0. The molecule has 11 nitrogen and oxygen atoms in total. The molecule has 11 heteroatoms. The Labute approximate surface area is 163 Å². The summed E-state index contributed by atoms with van der Waals surface area (Å²) >= 11 is 0. The normalized spacial score (nSPS) is 10.7. The second-order valence-corrected chi connectivity index (χ2v) is 6.01. The van der Waals surface area contributed by atoms with Crippen LogP contribution in [0.2, 0.25) is 0 Å². The molecule has 0 bridgehead atoms. The van der Waals surface area contributed by atoms with E-state index in [0.717, 1.165) is 0 Å². The van der Waals surface area contributed by atoms with E-state index in [1.165, 1.54) is 46.2 Å². The van der Waals surface area contributed by atoms with Crippen molar-refractivity contribution in [3.8, 4) is 22.7 Å². The van der Waals surface area contributed by atoms with E-state index in [9.17, 15) is 14.9 Å². The molecule has 0 fully saturated rings. The number of tetrazole rings is 1. The van der Waals surface area contributed by atoms with Crippen LogP contribution < -0.4 is 4.74 Å². The zero-order valence-electron chi connectivity index (χ0n) is 15.0. The third-order valence-electron chi connectivity index (χ3n) is 4.06. The first-order valence-electron chi connectivity index (χ1n) is 8.35. The Morgan fingerprint density at radius 2 is 1.83 bits per heavy atom. The molecular formula is C18H13N7O4. The fourth-order valence-corrected chi connectivity index (χ4v) is 2.70. The van der Waals surface area contributed by atoms with Crippen LogP contribution in [0.4, 0.5) is 5.69 Å². The standard InChI is InChI=1S/C18H13N7O4/c1-23-10-16(17(20-23)12-2-4-14(5-3-12)25(27)28)18(26)29-15-8-6-13(7-9-15)24-11-19-21-22-24/h2-11H,1H3. The molecule has 0 aliphatic heterocycles. The second kappa shape index (κ2) is 7.31. The minimum atomic E-state index is -0.596. The van der Waals surface area contributed by atoms with E-state index in [4.69, 9.17) is 4.74 Å². The van der Waals surface area contributed by atoms with Crippen LogP contribution >= 0.6 is 0 Å². The molecule has 2 heterocycles. The van der Waals surface area contributed by atoms with Crippen molar-refractivity contribution in [3.05, 3.63) is 76.7 Å². The number of carbonyl (C=O) groups is 1. The Morgan fingerprint density at radius 3 is 2.45 bits per heavy atom. The monoisotopic (exact) mass is 391 g/mol. The van der Waals surface area contributed by atoms with E-state index < -0.39 is 10.9 Å². The first-order valence-corrected chi connectivity index (χ1v) is 8.35. The fraction of sp³-hybridized carbons (Fsp3) is 0.0556. The van der Waals surface area contributed by atoms with Crippen molar-refractivity contribution in [2.45, 2.75) is 0 Å². The van der Waals surface area contributed by atoms with Gasteiger partial charge in [0.25, 0.3) is 5.69 Å². The lowest BCUT2D eigenvalue weighted by Gasteiger charge is -2.06. The number of aryl methyl sites for hydroxylation is 1. The van der Waals surface area contributed by atoms with Gasteiger partial charge in [0.05, 0.1) is 10.6 Å². The lowest BCUT2D eigenvalue weighted by Crippen LogP contribution is -2.09. The number of ether oxygens (including phenoxy) is 1. The van der Waals surface area contributed by atoms with Gasteiger partial charge < -0.3 is 4.74 Å². The van der Waals surface area contributed by atoms with Crippen LogP contribution in [0, 0.1) is 10.1 Å². The molecule has 4 rings (SSSR count). The van der Waals surface area contributed by atoms with Gasteiger partial charge in [-0.15, -0.1) is 5.10 Å². The van der Waals surface area contributed by atoms with E-state index >= 15 is 0 Å². The smallest absolute Gasteiger partial charge is 0.347 e. The number of benzene rings is 2. The van der Waals surface area contributed by atoms with Crippen LogP contribution in [0.5, 0.6) is 5.75 Å². The van der Waals surface area contributed by atoms with Crippen LogP contribution in [0.1, 0.15) is 10.4 Å². The molecule has 2 aromatic carbocycles. The summed E-state index contributed by atoms with van der Waals surface area (Å²) in [6.07, 6.45) is 2.99. The van der Waals surface area contributed by atoms with Gasteiger partial charge in [-0.25, -0.2) is 9.48 Å². The highest BCUT2D eigenvalue weighted by Crippen LogP contribution is 2.26. The molecular weight excluding hydrogens is 378 g/mol. The number of non-ortho nitro benzene ring substituents is 1. The lowest BCUT2D eigenvalue weighted by atomic mass is 10.1. The topological polar surface area (TPSA) is 131 Å². The summed E-state index contributed by atoms with van der Waals surface area (Å²) < 4.78 is 8.40. The number of hydrogen-bond donors (Lipinski definition) is 0. The van der Waals surface area contributed by atoms with Gasteiger partial charge in [0, 0.05) is 30.9 Å². The SMILES string of the molecule is Cn1cc(C(=O)Oc2ccc(-n3cnnn3)cc2)c(-c2ccc([N+](=O)[O-])cc2)n1. The molecule has 0 aliphatic rings. The molecule has 0 saturated heterocycles. The van der Waals surface area contributed by atoms with Gasteiger partial charge in [0.15, 0.2) is 0 Å². The van der Waals surface area contributed by atoms with Crippen LogP contribution in [0.3, 0.4) is 0 Å². The highest BCUT2D eigenvalue weighted by atomic mass is 16.6. The number of nitrogens with zero attached hydrogens (tertiary/aromatic N) is 7. The van der Waals surface area contributed by atoms with Gasteiger partial charge in [-0.3, -0.25) is 14.8 Å². The van der Waals surface area contributed by atoms with Gasteiger partial charge >= 0.3 is 5.97 Å². The van der Waals surface area contributed by atoms with Crippen LogP contribution in [0.15, 0.2) is 61.1 Å². The number of hydrogen-bond acceptors (Lipinski definition) is 8. The molecule has 4 aromatic rings. The van der Waals surface area contributed by atoms with Crippen molar-refractivity contribution in [2.24, 2.45) is 7.05 Å². The number of rotatable bonds is 5. The fourth-order valence-electron chi connectivity index (χ4n) is 2.70. The van der Waals surface area contributed by atoms with Gasteiger partial charge in [-0.05, 0) is 46.8 Å². The number of esters is 1. The average Bonchev–Trinajstić information content (AvgIpc) is 3.38. The molecule has 144 valence electrons. The van der Waals surface area contributed by atoms with Crippen molar-refractivity contribution >= 4 is 11.7 Å². The lowest BCUT2D eigenvalue weighted by molar-refractivity contribution is -0.384. The van der Waals surface area contributed by atoms with E-state index in [2.05, 4.69) is 20.6 Å². The molecule has 0 atom stereocenters. The molecule has 0 radical (unpaired) electrons. The Bertz CT molecular complexity index is 1170. The first kappa shape index (κ1) is 18.0. The van der Waals surface area contributed by atoms with Crippen LogP contribution in [-0.4, -0.2) is 40.9 Å². The Balaban J connectivity index is 1.57. The minimum Gasteiger partial charge on any atom is -0.423 e. The highest BCUT2D eigenvalue weighted by molar-refractivity contribution is 5.97. The summed E-state index contributed by atoms with van der Waals surface area (Å²) in [7, 11) is 1.67. The minimum absolute atomic E-state index is 0.0449. The van der Waals surface area contributed by atoms with Crippen molar-refractivity contribution in [2.75, 3.05) is 0 Å². The largest absolute Gasteiger partial charge is 0.423 e. The van der Waals surface area contributed by atoms with Crippen LogP contribution in [0.25, 0.3) is 16.9 Å². The maximum Gasteiger partial charge on any atom is 0.347 e. The van der Waals surface area contributed by atoms with Crippen LogP contribution in [-0.2, 0) is 7.05 Å². The average molecular weight is 391 g/mol. The van der Waals surface area contributed by atoms with Crippen molar-refractivity contribution in [3.63, 3.8) is 0 Å². The van der Waals surface area contributed by atoms with E-state index in [0.29, 0.717) is 22.7 Å². The molecule has 0 amide bonds. The van der Waals surface area contributed by atoms with E-state index in [1.54, 1.807) is 31.3 Å². The maximum absolute atomic E-state index is 12.7. The molecule has 0 spiro atoms. The van der Waals surface area contributed by atoms with Gasteiger partial charge in [0.1, 0.15) is 23.3 Å². The summed E-state index contributed by atoms with van der Waals surface area (Å²) in [4.78, 5) is 23.0.